The number of rotatable bonds is 12. The van der Waals surface area contributed by atoms with Gasteiger partial charge in [-0.25, -0.2) is 19.2 Å². The minimum absolute atomic E-state index is 0.0325. The molecular formula is C16H25N5O8. The van der Waals surface area contributed by atoms with E-state index in [4.69, 9.17) is 20.3 Å². The Bertz CT molecular complexity index is 818. The molecule has 0 aromatic carbocycles. The Hall–Kier alpha value is -3.35. The number of aliphatic carboxylic acids is 1. The van der Waals surface area contributed by atoms with Crippen LogP contribution in [0.15, 0.2) is 15.8 Å². The summed E-state index contributed by atoms with van der Waals surface area (Å²) in [6.45, 7) is 2.00. The lowest BCUT2D eigenvalue weighted by Gasteiger charge is -2.14. The summed E-state index contributed by atoms with van der Waals surface area (Å²) in [5.74, 6) is -1.24. The molecule has 0 aliphatic heterocycles. The summed E-state index contributed by atoms with van der Waals surface area (Å²) < 4.78 is 11.4. The SMILES string of the molecule is Cc1cn(CCOCCOC(=O)N[C@@H](CCCNC(N)=O)C(=O)O)c(=O)[nH]c1=O. The Labute approximate surface area is 165 Å². The number of amides is 3. The zero-order valence-electron chi connectivity index (χ0n) is 15.9. The minimum atomic E-state index is -1.24. The molecule has 0 saturated carbocycles. The number of aryl methyl sites for hydroxylation is 1. The van der Waals surface area contributed by atoms with E-state index in [2.05, 4.69) is 15.6 Å². The fourth-order valence-electron chi connectivity index (χ4n) is 2.20. The number of hydrogen-bond acceptors (Lipinski definition) is 7. The Morgan fingerprint density at radius 3 is 2.66 bits per heavy atom. The van der Waals surface area contributed by atoms with Gasteiger partial charge >= 0.3 is 23.8 Å². The summed E-state index contributed by atoms with van der Waals surface area (Å²) in [4.78, 5) is 58.3. The van der Waals surface area contributed by atoms with Crippen molar-refractivity contribution < 1.29 is 29.0 Å². The fraction of sp³-hybridized carbons (Fsp3) is 0.562. The third-order valence-electron chi connectivity index (χ3n) is 3.69. The first-order chi connectivity index (χ1) is 13.7. The fourth-order valence-corrected chi connectivity index (χ4v) is 2.20. The van der Waals surface area contributed by atoms with Crippen LogP contribution in [-0.2, 0) is 20.8 Å². The van der Waals surface area contributed by atoms with Gasteiger partial charge in [-0.2, -0.15) is 0 Å². The number of alkyl carbamates (subject to hydrolysis) is 1. The van der Waals surface area contributed by atoms with Gasteiger partial charge in [0.25, 0.3) is 5.56 Å². The summed E-state index contributed by atoms with van der Waals surface area (Å²) in [5.41, 5.74) is 4.29. The van der Waals surface area contributed by atoms with Crippen LogP contribution in [-0.4, -0.2) is 65.2 Å². The predicted molar refractivity (Wildman–Crippen MR) is 99.6 cm³/mol. The van der Waals surface area contributed by atoms with E-state index in [0.29, 0.717) is 12.0 Å². The molecule has 0 bridgehead atoms. The first-order valence-corrected chi connectivity index (χ1v) is 8.78. The van der Waals surface area contributed by atoms with E-state index in [9.17, 15) is 24.0 Å². The maximum absolute atomic E-state index is 11.6. The summed E-state index contributed by atoms with van der Waals surface area (Å²) >= 11 is 0. The van der Waals surface area contributed by atoms with Crippen molar-refractivity contribution >= 4 is 18.1 Å². The molecule has 13 heteroatoms. The van der Waals surface area contributed by atoms with Gasteiger partial charge in [-0.3, -0.25) is 14.3 Å². The van der Waals surface area contributed by atoms with Gasteiger partial charge in [0.1, 0.15) is 12.6 Å². The van der Waals surface area contributed by atoms with Crippen LogP contribution in [0.5, 0.6) is 0 Å². The van der Waals surface area contributed by atoms with Gasteiger partial charge in [-0.15, -0.1) is 0 Å². The summed E-state index contributed by atoms with van der Waals surface area (Å²) in [6.07, 6.45) is 0.873. The topological polar surface area (TPSA) is 195 Å². The highest BCUT2D eigenvalue weighted by Gasteiger charge is 2.20. The first kappa shape index (κ1) is 23.7. The molecule has 1 atom stereocenters. The van der Waals surface area contributed by atoms with E-state index in [0.717, 1.165) is 0 Å². The van der Waals surface area contributed by atoms with E-state index in [1.54, 1.807) is 6.92 Å². The molecule has 0 saturated heterocycles. The lowest BCUT2D eigenvalue weighted by molar-refractivity contribution is -0.139. The second-order valence-corrected chi connectivity index (χ2v) is 5.98. The summed E-state index contributed by atoms with van der Waals surface area (Å²) in [7, 11) is 0. The van der Waals surface area contributed by atoms with Crippen LogP contribution in [0.4, 0.5) is 9.59 Å². The van der Waals surface area contributed by atoms with Crippen LogP contribution >= 0.6 is 0 Å². The number of primary amides is 1. The molecular weight excluding hydrogens is 390 g/mol. The van der Waals surface area contributed by atoms with Crippen molar-refractivity contribution in [3.05, 3.63) is 32.6 Å². The Balaban J connectivity index is 2.24. The number of aromatic amines is 1. The number of nitrogens with two attached hydrogens (primary N) is 1. The number of nitrogens with one attached hydrogen (secondary N) is 3. The quantitative estimate of drug-likeness (QED) is 0.254. The molecule has 0 radical (unpaired) electrons. The average Bonchev–Trinajstić information content (AvgIpc) is 2.64. The number of carboxylic acid groups (broad SMARTS) is 1. The number of H-pyrrole nitrogens is 1. The maximum Gasteiger partial charge on any atom is 0.407 e. The van der Waals surface area contributed by atoms with E-state index in [1.165, 1.54) is 10.8 Å². The highest BCUT2D eigenvalue weighted by atomic mass is 16.6. The molecule has 29 heavy (non-hydrogen) atoms. The van der Waals surface area contributed by atoms with Crippen molar-refractivity contribution in [1.29, 1.82) is 0 Å². The number of carboxylic acids is 1. The second-order valence-electron chi connectivity index (χ2n) is 5.98. The number of hydrogen-bond donors (Lipinski definition) is 5. The molecule has 1 aromatic rings. The zero-order chi connectivity index (χ0) is 21.8. The monoisotopic (exact) mass is 415 g/mol. The molecule has 3 amide bonds. The van der Waals surface area contributed by atoms with Crippen molar-refractivity contribution in [2.45, 2.75) is 32.4 Å². The van der Waals surface area contributed by atoms with Crippen LogP contribution in [0.2, 0.25) is 0 Å². The van der Waals surface area contributed by atoms with Crippen molar-refractivity contribution in [3.63, 3.8) is 0 Å². The van der Waals surface area contributed by atoms with Gasteiger partial charge in [0.2, 0.25) is 0 Å². The maximum atomic E-state index is 11.6. The molecule has 13 nitrogen and oxygen atoms in total. The van der Waals surface area contributed by atoms with Crippen molar-refractivity contribution in [2.24, 2.45) is 5.73 Å². The van der Waals surface area contributed by atoms with Gasteiger partial charge in [0.15, 0.2) is 0 Å². The van der Waals surface area contributed by atoms with Crippen LogP contribution in [0.1, 0.15) is 18.4 Å². The van der Waals surface area contributed by atoms with Gasteiger partial charge in [0.05, 0.1) is 19.8 Å². The molecule has 0 spiro atoms. The lowest BCUT2D eigenvalue weighted by Crippen LogP contribution is -2.42. The second kappa shape index (κ2) is 12.2. The van der Waals surface area contributed by atoms with Gasteiger partial charge in [-0.05, 0) is 19.8 Å². The minimum Gasteiger partial charge on any atom is -0.480 e. The Morgan fingerprint density at radius 2 is 2.00 bits per heavy atom. The molecule has 1 rings (SSSR count). The number of carbonyl (C=O) groups is 3. The molecule has 6 N–H and O–H groups in total. The largest absolute Gasteiger partial charge is 0.480 e. The third-order valence-corrected chi connectivity index (χ3v) is 3.69. The lowest BCUT2D eigenvalue weighted by atomic mass is 10.1. The highest BCUT2D eigenvalue weighted by Crippen LogP contribution is 1.98. The van der Waals surface area contributed by atoms with E-state index < -0.39 is 35.4 Å². The average molecular weight is 415 g/mol. The van der Waals surface area contributed by atoms with Crippen LogP contribution < -0.4 is 27.6 Å². The van der Waals surface area contributed by atoms with Crippen molar-refractivity contribution in [2.75, 3.05) is 26.4 Å². The molecule has 0 aliphatic rings. The van der Waals surface area contributed by atoms with Crippen molar-refractivity contribution in [3.8, 4) is 0 Å². The zero-order valence-corrected chi connectivity index (χ0v) is 15.9. The summed E-state index contributed by atoms with van der Waals surface area (Å²) in [5, 5.41) is 13.6. The molecule has 0 unspecified atom stereocenters. The number of aromatic nitrogens is 2. The standard InChI is InChI=1S/C16H25N5O8/c1-10-9-21(15(26)20-12(10)22)5-6-28-7-8-29-16(27)19-11(13(23)24)3-2-4-18-14(17)25/h9,11H,2-8H2,1H3,(H,19,27)(H,23,24)(H3,17,18,25)(H,20,22,26)/t11-/m0/s1. The molecule has 162 valence electrons. The van der Waals surface area contributed by atoms with Gasteiger partial charge in [-0.1, -0.05) is 0 Å². The van der Waals surface area contributed by atoms with Crippen LogP contribution in [0.3, 0.4) is 0 Å². The predicted octanol–water partition coefficient (Wildman–Crippen LogP) is -1.51. The summed E-state index contributed by atoms with van der Waals surface area (Å²) in [6, 6.07) is -1.89. The number of urea groups is 1. The van der Waals surface area contributed by atoms with Crippen LogP contribution in [0.25, 0.3) is 0 Å². The number of nitrogens with zero attached hydrogens (tertiary/aromatic N) is 1. The highest BCUT2D eigenvalue weighted by molar-refractivity contribution is 5.79. The molecule has 0 fully saturated rings. The van der Waals surface area contributed by atoms with Gasteiger partial charge < -0.3 is 30.9 Å². The molecule has 1 aromatic heterocycles. The third kappa shape index (κ3) is 9.41. The van der Waals surface area contributed by atoms with E-state index >= 15 is 0 Å². The van der Waals surface area contributed by atoms with E-state index in [-0.39, 0.29) is 39.3 Å². The van der Waals surface area contributed by atoms with Gasteiger partial charge in [0, 0.05) is 18.3 Å². The Kier molecular flexibility index (Phi) is 9.95. The van der Waals surface area contributed by atoms with E-state index in [1.807, 2.05) is 0 Å². The molecule has 0 aliphatic carbocycles. The van der Waals surface area contributed by atoms with Crippen LogP contribution in [0, 0.1) is 6.92 Å². The Morgan fingerprint density at radius 1 is 1.28 bits per heavy atom. The normalized spacial score (nSPS) is 11.5. The number of carbonyl (C=O) groups excluding carboxylic acids is 2. The molecule has 1 heterocycles. The first-order valence-electron chi connectivity index (χ1n) is 8.78. The number of ether oxygens (including phenoxy) is 2. The smallest absolute Gasteiger partial charge is 0.407 e. The van der Waals surface area contributed by atoms with Crippen molar-refractivity contribution in [1.82, 2.24) is 20.2 Å².